The van der Waals surface area contributed by atoms with Crippen LogP contribution in [0.5, 0.6) is 5.75 Å². The number of rotatable bonds is 3. The number of nitrogens with zero attached hydrogens (tertiary/aromatic N) is 1. The fourth-order valence-electron chi connectivity index (χ4n) is 3.60. The summed E-state index contributed by atoms with van der Waals surface area (Å²) in [5.41, 5.74) is 0. The number of hydrogen-bond donors (Lipinski definition) is 0. The van der Waals surface area contributed by atoms with Crippen LogP contribution < -0.4 is 4.74 Å². The minimum Gasteiger partial charge on any atom is -0.406 e. The number of ether oxygens (including phenoxy) is 1. The van der Waals surface area contributed by atoms with Crippen molar-refractivity contribution < 1.29 is 26.3 Å². The number of piperidine rings is 2. The standard InChI is InChI=1S/C15H18F3NO3S/c16-15(17,18)22-13-7-9-14(10-8-13)23(20,21)19-11-3-1-4-12(19)6-2-5-11/h7-12H,1-6H2. The smallest absolute Gasteiger partial charge is 0.406 e. The maximum Gasteiger partial charge on any atom is 0.573 e. The molecule has 1 aromatic rings. The van der Waals surface area contributed by atoms with Gasteiger partial charge in [0, 0.05) is 12.1 Å². The predicted octanol–water partition coefficient (Wildman–Crippen LogP) is 3.68. The molecule has 3 rings (SSSR count). The average molecular weight is 349 g/mol. The highest BCUT2D eigenvalue weighted by molar-refractivity contribution is 7.89. The van der Waals surface area contributed by atoms with E-state index in [0.29, 0.717) is 0 Å². The van der Waals surface area contributed by atoms with Gasteiger partial charge in [-0.05, 0) is 49.9 Å². The molecule has 0 aliphatic carbocycles. The Morgan fingerprint density at radius 1 is 0.957 bits per heavy atom. The van der Waals surface area contributed by atoms with Crippen LogP contribution in [-0.2, 0) is 10.0 Å². The van der Waals surface area contributed by atoms with E-state index >= 15 is 0 Å². The highest BCUT2D eigenvalue weighted by atomic mass is 32.2. The molecule has 0 saturated carbocycles. The highest BCUT2D eigenvalue weighted by Gasteiger charge is 2.42. The fourth-order valence-corrected chi connectivity index (χ4v) is 5.53. The molecule has 23 heavy (non-hydrogen) atoms. The van der Waals surface area contributed by atoms with Crippen molar-refractivity contribution >= 4 is 10.0 Å². The minimum atomic E-state index is -4.79. The zero-order chi connectivity index (χ0) is 16.7. The Morgan fingerprint density at radius 2 is 1.43 bits per heavy atom. The van der Waals surface area contributed by atoms with Crippen molar-refractivity contribution in [3.8, 4) is 5.75 Å². The van der Waals surface area contributed by atoms with Crippen molar-refractivity contribution in [2.45, 2.75) is 61.9 Å². The number of sulfonamides is 1. The van der Waals surface area contributed by atoms with Gasteiger partial charge >= 0.3 is 6.36 Å². The second-order valence-electron chi connectivity index (χ2n) is 6.02. The Hall–Kier alpha value is -1.28. The van der Waals surface area contributed by atoms with E-state index in [1.165, 1.54) is 12.1 Å². The molecule has 0 spiro atoms. The van der Waals surface area contributed by atoms with Crippen LogP contribution >= 0.6 is 0 Å². The van der Waals surface area contributed by atoms with Crippen LogP contribution in [0.1, 0.15) is 38.5 Å². The lowest BCUT2D eigenvalue weighted by Crippen LogP contribution is -2.52. The SMILES string of the molecule is O=S(=O)(c1ccc(OC(F)(F)F)cc1)N1C2CCCC1CCC2. The quantitative estimate of drug-likeness (QED) is 0.836. The summed E-state index contributed by atoms with van der Waals surface area (Å²) < 4.78 is 67.6. The molecule has 2 bridgehead atoms. The van der Waals surface area contributed by atoms with Crippen molar-refractivity contribution in [1.82, 2.24) is 4.31 Å². The molecule has 128 valence electrons. The monoisotopic (exact) mass is 349 g/mol. The first-order valence-corrected chi connectivity index (χ1v) is 9.11. The van der Waals surface area contributed by atoms with Gasteiger partial charge in [-0.15, -0.1) is 13.2 Å². The molecule has 0 radical (unpaired) electrons. The van der Waals surface area contributed by atoms with Crippen molar-refractivity contribution in [2.75, 3.05) is 0 Å². The molecule has 1 aromatic carbocycles. The second kappa shape index (κ2) is 5.98. The Kier molecular flexibility index (Phi) is 4.31. The maximum atomic E-state index is 12.9. The molecule has 4 nitrogen and oxygen atoms in total. The molecule has 0 unspecified atom stereocenters. The van der Waals surface area contributed by atoms with Gasteiger partial charge in [0.05, 0.1) is 4.90 Å². The zero-order valence-corrected chi connectivity index (χ0v) is 13.2. The molecule has 2 aliphatic rings. The molecule has 2 fully saturated rings. The molecular weight excluding hydrogens is 331 g/mol. The summed E-state index contributed by atoms with van der Waals surface area (Å²) in [6, 6.07) is 4.47. The van der Waals surface area contributed by atoms with E-state index < -0.39 is 22.1 Å². The Labute approximate surface area is 133 Å². The molecule has 0 aromatic heterocycles. The lowest BCUT2D eigenvalue weighted by molar-refractivity contribution is -0.274. The summed E-state index contributed by atoms with van der Waals surface area (Å²) >= 11 is 0. The molecule has 2 saturated heterocycles. The normalized spacial score (nSPS) is 26.0. The van der Waals surface area contributed by atoms with E-state index in [1.807, 2.05) is 0 Å². The summed E-state index contributed by atoms with van der Waals surface area (Å²) in [4.78, 5) is 0.0193. The van der Waals surface area contributed by atoms with Crippen molar-refractivity contribution in [2.24, 2.45) is 0 Å². The molecule has 0 amide bonds. The number of alkyl halides is 3. The number of fused-ring (bicyclic) bond motifs is 2. The van der Waals surface area contributed by atoms with Crippen LogP contribution in [0, 0.1) is 0 Å². The lowest BCUT2D eigenvalue weighted by atomic mass is 9.87. The predicted molar refractivity (Wildman–Crippen MR) is 77.4 cm³/mol. The van der Waals surface area contributed by atoms with E-state index in [-0.39, 0.29) is 17.0 Å². The van der Waals surface area contributed by atoms with Crippen LogP contribution in [0.25, 0.3) is 0 Å². The van der Waals surface area contributed by atoms with E-state index in [0.717, 1.165) is 50.7 Å². The van der Waals surface area contributed by atoms with Crippen LogP contribution in [0.2, 0.25) is 0 Å². The van der Waals surface area contributed by atoms with E-state index in [9.17, 15) is 21.6 Å². The molecule has 2 heterocycles. The van der Waals surface area contributed by atoms with Crippen LogP contribution in [0.15, 0.2) is 29.2 Å². The molecule has 8 heteroatoms. The third-order valence-electron chi connectivity index (χ3n) is 4.50. The molecule has 0 atom stereocenters. The summed E-state index contributed by atoms with van der Waals surface area (Å²) in [6.45, 7) is 0. The lowest BCUT2D eigenvalue weighted by Gasteiger charge is -2.44. The van der Waals surface area contributed by atoms with Gasteiger partial charge in [0.1, 0.15) is 5.75 Å². The van der Waals surface area contributed by atoms with E-state index in [2.05, 4.69) is 4.74 Å². The Bertz CT molecular complexity index is 636. The first-order chi connectivity index (χ1) is 10.8. The largest absolute Gasteiger partial charge is 0.573 e. The third-order valence-corrected chi connectivity index (χ3v) is 6.52. The fraction of sp³-hybridized carbons (Fsp3) is 0.600. The molecule has 2 aliphatic heterocycles. The summed E-state index contributed by atoms with van der Waals surface area (Å²) in [7, 11) is -3.69. The molecular formula is C15H18F3NO3S. The van der Waals surface area contributed by atoms with Gasteiger partial charge in [0.25, 0.3) is 0 Å². The van der Waals surface area contributed by atoms with Crippen LogP contribution in [-0.4, -0.2) is 31.2 Å². The van der Waals surface area contributed by atoms with Gasteiger partial charge in [0.15, 0.2) is 0 Å². The summed E-state index contributed by atoms with van der Waals surface area (Å²) in [5, 5.41) is 0. The maximum absolute atomic E-state index is 12.9. The molecule has 0 N–H and O–H groups in total. The zero-order valence-electron chi connectivity index (χ0n) is 12.4. The Balaban J connectivity index is 1.85. The van der Waals surface area contributed by atoms with Gasteiger partial charge in [-0.1, -0.05) is 12.8 Å². The van der Waals surface area contributed by atoms with E-state index in [1.54, 1.807) is 4.31 Å². The van der Waals surface area contributed by atoms with Gasteiger partial charge in [-0.2, -0.15) is 4.31 Å². The number of halogens is 3. The second-order valence-corrected chi connectivity index (χ2v) is 7.87. The van der Waals surface area contributed by atoms with Crippen LogP contribution in [0.4, 0.5) is 13.2 Å². The van der Waals surface area contributed by atoms with E-state index in [4.69, 9.17) is 0 Å². The minimum absolute atomic E-state index is 0.0126. The topological polar surface area (TPSA) is 46.6 Å². The first kappa shape index (κ1) is 16.6. The van der Waals surface area contributed by atoms with Gasteiger partial charge < -0.3 is 4.74 Å². The van der Waals surface area contributed by atoms with Crippen molar-refractivity contribution in [3.63, 3.8) is 0 Å². The summed E-state index contributed by atoms with van der Waals surface area (Å²) in [5.74, 6) is -0.421. The first-order valence-electron chi connectivity index (χ1n) is 7.67. The van der Waals surface area contributed by atoms with Gasteiger partial charge in [-0.3, -0.25) is 0 Å². The third kappa shape index (κ3) is 3.47. The summed E-state index contributed by atoms with van der Waals surface area (Å²) in [6.07, 6.45) is 0.676. The highest BCUT2D eigenvalue weighted by Crippen LogP contribution is 2.38. The number of hydrogen-bond acceptors (Lipinski definition) is 3. The van der Waals surface area contributed by atoms with Gasteiger partial charge in [-0.25, -0.2) is 8.42 Å². The van der Waals surface area contributed by atoms with Crippen LogP contribution in [0.3, 0.4) is 0 Å². The van der Waals surface area contributed by atoms with Gasteiger partial charge in [0.2, 0.25) is 10.0 Å². The average Bonchev–Trinajstić information content (AvgIpc) is 2.45. The Morgan fingerprint density at radius 3 is 1.87 bits per heavy atom. The van der Waals surface area contributed by atoms with Crippen molar-refractivity contribution in [3.05, 3.63) is 24.3 Å². The number of benzene rings is 1. The van der Waals surface area contributed by atoms with Crippen molar-refractivity contribution in [1.29, 1.82) is 0 Å².